The zero-order chi connectivity index (χ0) is 12.6. The van der Waals surface area contributed by atoms with Gasteiger partial charge < -0.3 is 0 Å². The number of halogens is 1. The van der Waals surface area contributed by atoms with Crippen molar-refractivity contribution >= 4 is 11.9 Å². The maximum absolute atomic E-state index is 13.2. The van der Waals surface area contributed by atoms with Crippen LogP contribution in [0.15, 0.2) is 24.3 Å². The third-order valence-electron chi connectivity index (χ3n) is 2.75. The molecule has 0 fully saturated rings. The first-order valence-electron chi connectivity index (χ1n) is 5.62. The van der Waals surface area contributed by atoms with Crippen LogP contribution in [0.3, 0.4) is 0 Å². The number of hydrazine groups is 1. The van der Waals surface area contributed by atoms with Crippen LogP contribution >= 0.6 is 0 Å². The van der Waals surface area contributed by atoms with Crippen molar-refractivity contribution in [1.29, 1.82) is 5.41 Å². The molecule has 1 atom stereocenters. The number of hydrogen-bond acceptors (Lipinski definition) is 2. The number of hydrazone groups is 1. The molecule has 3 nitrogen and oxygen atoms in total. The van der Waals surface area contributed by atoms with Crippen molar-refractivity contribution in [2.45, 2.75) is 32.4 Å². The zero-order valence-electron chi connectivity index (χ0n) is 10.3. The fraction of sp³-hybridized carbons (Fsp3) is 0.385. The second-order valence-corrected chi connectivity index (χ2v) is 5.24. The van der Waals surface area contributed by atoms with E-state index < -0.39 is 0 Å². The highest BCUT2D eigenvalue weighted by Crippen LogP contribution is 2.20. The van der Waals surface area contributed by atoms with Crippen LogP contribution in [0.1, 0.15) is 32.4 Å². The van der Waals surface area contributed by atoms with Crippen molar-refractivity contribution in [2.75, 3.05) is 0 Å². The molecule has 0 saturated carbocycles. The lowest BCUT2D eigenvalue weighted by atomic mass is 10.0. The van der Waals surface area contributed by atoms with Gasteiger partial charge in [0.2, 0.25) is 6.21 Å². The van der Waals surface area contributed by atoms with Gasteiger partial charge in [-0.15, -0.1) is 4.68 Å². The second-order valence-electron chi connectivity index (χ2n) is 5.24. The van der Waals surface area contributed by atoms with Gasteiger partial charge in [-0.3, -0.25) is 5.41 Å². The van der Waals surface area contributed by atoms with E-state index >= 15 is 0 Å². The SMILES string of the molecule is CC(C)(C)[N+]1=CC(=N)C(c2cccc(F)c2)N1. The molecule has 0 saturated heterocycles. The summed E-state index contributed by atoms with van der Waals surface area (Å²) >= 11 is 0. The summed E-state index contributed by atoms with van der Waals surface area (Å²) in [6.45, 7) is 6.16. The molecule has 0 radical (unpaired) electrons. The van der Waals surface area contributed by atoms with E-state index in [0.717, 1.165) is 5.56 Å². The maximum Gasteiger partial charge on any atom is 0.217 e. The molecule has 90 valence electrons. The minimum absolute atomic E-state index is 0.103. The summed E-state index contributed by atoms with van der Waals surface area (Å²) in [6.07, 6.45) is 1.76. The van der Waals surface area contributed by atoms with Crippen LogP contribution in [0.2, 0.25) is 0 Å². The van der Waals surface area contributed by atoms with Gasteiger partial charge in [0.1, 0.15) is 11.5 Å². The van der Waals surface area contributed by atoms with Crippen molar-refractivity contribution in [2.24, 2.45) is 0 Å². The van der Waals surface area contributed by atoms with Crippen molar-refractivity contribution < 1.29 is 9.07 Å². The molecule has 1 aliphatic heterocycles. The van der Waals surface area contributed by atoms with Crippen LogP contribution in [0.25, 0.3) is 0 Å². The van der Waals surface area contributed by atoms with Crippen LogP contribution in [0, 0.1) is 11.2 Å². The number of benzene rings is 1. The van der Waals surface area contributed by atoms with E-state index in [9.17, 15) is 4.39 Å². The van der Waals surface area contributed by atoms with Gasteiger partial charge >= 0.3 is 0 Å². The molecule has 1 aromatic rings. The Morgan fingerprint density at radius 2 is 2.06 bits per heavy atom. The van der Waals surface area contributed by atoms with Crippen LogP contribution < -0.4 is 5.43 Å². The van der Waals surface area contributed by atoms with Gasteiger partial charge in [0.25, 0.3) is 0 Å². The molecule has 0 aromatic heterocycles. The van der Waals surface area contributed by atoms with E-state index in [2.05, 4.69) is 26.2 Å². The van der Waals surface area contributed by atoms with Crippen LogP contribution in [0.5, 0.6) is 0 Å². The molecule has 0 spiro atoms. The molecule has 0 aliphatic carbocycles. The molecule has 17 heavy (non-hydrogen) atoms. The largest absolute Gasteiger partial charge is 0.297 e. The minimum atomic E-state index is -0.272. The summed E-state index contributed by atoms with van der Waals surface area (Å²) < 4.78 is 15.1. The number of hydrogen-bond donors (Lipinski definition) is 2. The first-order chi connectivity index (χ1) is 7.88. The average Bonchev–Trinajstić information content (AvgIpc) is 2.60. The molecule has 1 heterocycles. The fourth-order valence-corrected chi connectivity index (χ4v) is 1.79. The Bertz CT molecular complexity index is 486. The molecule has 2 N–H and O–H groups in total. The van der Waals surface area contributed by atoms with E-state index in [-0.39, 0.29) is 17.4 Å². The molecule has 1 unspecified atom stereocenters. The Labute approximate surface area is 100 Å². The summed E-state index contributed by atoms with van der Waals surface area (Å²) in [4.78, 5) is 0. The predicted octanol–water partition coefficient (Wildman–Crippen LogP) is 2.29. The lowest BCUT2D eigenvalue weighted by Gasteiger charge is -2.16. The zero-order valence-corrected chi connectivity index (χ0v) is 10.3. The average molecular weight is 234 g/mol. The second kappa shape index (κ2) is 3.95. The number of rotatable bonds is 1. The molecular formula is C13H17FN3+. The lowest BCUT2D eigenvalue weighted by molar-refractivity contribution is -0.643. The highest BCUT2D eigenvalue weighted by molar-refractivity contribution is 6.30. The van der Waals surface area contributed by atoms with Gasteiger partial charge in [0, 0.05) is 20.8 Å². The molecule has 2 rings (SSSR count). The Balaban J connectivity index is 2.26. The van der Waals surface area contributed by atoms with Crippen LogP contribution in [-0.4, -0.2) is 22.1 Å². The van der Waals surface area contributed by atoms with E-state index in [4.69, 9.17) is 5.41 Å². The summed E-state index contributed by atoms with van der Waals surface area (Å²) in [5, 5.41) is 7.94. The Morgan fingerprint density at radius 1 is 1.35 bits per heavy atom. The van der Waals surface area contributed by atoms with Gasteiger partial charge in [-0.2, -0.15) is 5.43 Å². The first-order valence-corrected chi connectivity index (χ1v) is 5.62. The standard InChI is InChI=1S/C13H17FN3/c1-13(2,3)17-8-11(15)12(16-17)9-5-4-6-10(14)7-9/h4-8,12,15-16H,1-3H3/q+1. The summed E-state index contributed by atoms with van der Waals surface area (Å²) in [6, 6.07) is 6.11. The van der Waals surface area contributed by atoms with E-state index in [0.29, 0.717) is 5.71 Å². The topological polar surface area (TPSA) is 38.9 Å². The third-order valence-corrected chi connectivity index (χ3v) is 2.75. The van der Waals surface area contributed by atoms with Gasteiger partial charge in [0.15, 0.2) is 11.6 Å². The fourth-order valence-electron chi connectivity index (χ4n) is 1.79. The normalized spacial score (nSPS) is 20.1. The summed E-state index contributed by atoms with van der Waals surface area (Å²) in [5.41, 5.74) is 4.33. The highest BCUT2D eigenvalue weighted by Gasteiger charge is 2.36. The quantitative estimate of drug-likeness (QED) is 0.719. The smallest absolute Gasteiger partial charge is 0.217 e. The lowest BCUT2D eigenvalue weighted by Crippen LogP contribution is -2.40. The Hall–Kier alpha value is -1.71. The van der Waals surface area contributed by atoms with E-state index in [1.54, 1.807) is 12.3 Å². The van der Waals surface area contributed by atoms with Crippen molar-refractivity contribution in [3.05, 3.63) is 35.6 Å². The van der Waals surface area contributed by atoms with Gasteiger partial charge in [-0.25, -0.2) is 4.39 Å². The van der Waals surface area contributed by atoms with Gasteiger partial charge in [-0.05, 0) is 17.7 Å². The van der Waals surface area contributed by atoms with Crippen LogP contribution in [-0.2, 0) is 0 Å². The molecule has 0 amide bonds. The third kappa shape index (κ3) is 2.35. The first kappa shape index (κ1) is 11.8. The number of nitrogens with zero attached hydrogens (tertiary/aromatic N) is 1. The Morgan fingerprint density at radius 3 is 2.59 bits per heavy atom. The van der Waals surface area contributed by atoms with Gasteiger partial charge in [-0.1, -0.05) is 12.1 Å². The molecular weight excluding hydrogens is 217 g/mol. The summed E-state index contributed by atoms with van der Waals surface area (Å²) in [5.74, 6) is -0.272. The monoisotopic (exact) mass is 234 g/mol. The van der Waals surface area contributed by atoms with E-state index in [1.165, 1.54) is 12.1 Å². The molecule has 1 aromatic carbocycles. The minimum Gasteiger partial charge on any atom is -0.297 e. The van der Waals surface area contributed by atoms with E-state index in [1.807, 2.05) is 10.8 Å². The van der Waals surface area contributed by atoms with Crippen molar-refractivity contribution in [3.8, 4) is 0 Å². The Kier molecular flexibility index (Phi) is 2.73. The molecule has 1 aliphatic rings. The molecule has 0 bridgehead atoms. The molecule has 4 heteroatoms. The van der Waals surface area contributed by atoms with Crippen molar-refractivity contribution in [3.63, 3.8) is 0 Å². The summed E-state index contributed by atoms with van der Waals surface area (Å²) in [7, 11) is 0. The number of nitrogens with one attached hydrogen (secondary N) is 2. The highest BCUT2D eigenvalue weighted by atomic mass is 19.1. The predicted molar refractivity (Wildman–Crippen MR) is 66.1 cm³/mol. The van der Waals surface area contributed by atoms with Crippen LogP contribution in [0.4, 0.5) is 4.39 Å². The maximum atomic E-state index is 13.2. The van der Waals surface area contributed by atoms with Gasteiger partial charge in [0.05, 0.1) is 0 Å². The van der Waals surface area contributed by atoms with Crippen molar-refractivity contribution in [1.82, 2.24) is 5.43 Å².